The van der Waals surface area contributed by atoms with Crippen molar-refractivity contribution in [3.8, 4) is 0 Å². The van der Waals surface area contributed by atoms with Crippen molar-refractivity contribution in [2.75, 3.05) is 19.5 Å². The molecule has 0 aromatic heterocycles. The van der Waals surface area contributed by atoms with Crippen molar-refractivity contribution in [3.63, 3.8) is 0 Å². The van der Waals surface area contributed by atoms with Gasteiger partial charge in [0.05, 0.1) is 19.5 Å². The Bertz CT molecular complexity index is 332. The molecule has 0 heterocycles. The fourth-order valence-corrected chi connectivity index (χ4v) is 2.76. The highest BCUT2D eigenvalue weighted by molar-refractivity contribution is 7.86. The predicted molar refractivity (Wildman–Crippen MR) is 57.0 cm³/mol. The molecule has 0 saturated carbocycles. The van der Waals surface area contributed by atoms with Gasteiger partial charge in [0, 0.05) is 0 Å². The molecule has 7 nitrogen and oxygen atoms in total. The Hall–Kier alpha value is -0.430. The van der Waals surface area contributed by atoms with Crippen LogP contribution in [-0.2, 0) is 32.9 Å². The third kappa shape index (κ3) is 6.22. The van der Waals surface area contributed by atoms with E-state index in [2.05, 4.69) is 13.4 Å². The molecule has 0 aromatic carbocycles. The predicted octanol–water partition coefficient (Wildman–Crippen LogP) is 0.363. The normalized spacial score (nSPS) is 15.4. The van der Waals surface area contributed by atoms with E-state index >= 15 is 0 Å². The summed E-state index contributed by atoms with van der Waals surface area (Å²) in [5, 5.41) is 0. The first-order chi connectivity index (χ1) is 7.31. The summed E-state index contributed by atoms with van der Waals surface area (Å²) >= 11 is 0. The molecule has 0 aromatic rings. The smallest absolute Gasteiger partial charge is 0.346 e. The zero-order valence-corrected chi connectivity index (χ0v) is 11.1. The van der Waals surface area contributed by atoms with E-state index in [9.17, 15) is 17.8 Å². The van der Waals surface area contributed by atoms with Gasteiger partial charge in [0.25, 0.3) is 10.1 Å². The summed E-state index contributed by atoms with van der Waals surface area (Å²) in [4.78, 5) is 11.3. The molecule has 0 radical (unpaired) electrons. The minimum Gasteiger partial charge on any atom is -0.464 e. The SMILES string of the molecule is CCOC(=O)C(OS(C)(=O)=O)[PH](=O)OCC. The zero-order valence-electron chi connectivity index (χ0n) is 9.26. The summed E-state index contributed by atoms with van der Waals surface area (Å²) in [6.45, 7) is 3.21. The molecule has 0 N–H and O–H groups in total. The number of carbonyl (C=O) groups excluding carboxylic acids is 1. The Morgan fingerprint density at radius 1 is 1.31 bits per heavy atom. The summed E-state index contributed by atoms with van der Waals surface area (Å²) < 4.78 is 46.7. The van der Waals surface area contributed by atoms with Gasteiger partial charge in [-0.1, -0.05) is 0 Å². The van der Waals surface area contributed by atoms with E-state index in [1.807, 2.05) is 0 Å². The summed E-state index contributed by atoms with van der Waals surface area (Å²) in [5.41, 5.74) is 0. The highest BCUT2D eigenvalue weighted by Gasteiger charge is 2.31. The van der Waals surface area contributed by atoms with Gasteiger partial charge in [0.2, 0.25) is 13.9 Å². The van der Waals surface area contributed by atoms with Crippen molar-refractivity contribution in [1.82, 2.24) is 0 Å². The first kappa shape index (κ1) is 15.6. The lowest BCUT2D eigenvalue weighted by molar-refractivity contribution is -0.147. The highest BCUT2D eigenvalue weighted by atomic mass is 32.2. The second kappa shape index (κ2) is 7.01. The molecule has 0 saturated heterocycles. The summed E-state index contributed by atoms with van der Waals surface area (Å²) in [6.07, 6.45) is 0.750. The lowest BCUT2D eigenvalue weighted by Crippen LogP contribution is -2.26. The van der Waals surface area contributed by atoms with Crippen LogP contribution in [0.3, 0.4) is 0 Å². The topological polar surface area (TPSA) is 96.0 Å². The molecule has 96 valence electrons. The molecule has 0 aliphatic rings. The Kier molecular flexibility index (Phi) is 6.82. The van der Waals surface area contributed by atoms with Crippen molar-refractivity contribution in [1.29, 1.82) is 0 Å². The third-order valence-corrected chi connectivity index (χ3v) is 3.34. The number of carbonyl (C=O) groups is 1. The fraction of sp³-hybridized carbons (Fsp3) is 0.857. The minimum atomic E-state index is -3.91. The van der Waals surface area contributed by atoms with Crippen LogP contribution in [0, 0.1) is 0 Å². The standard InChI is InChI=1S/C7H15O7PS/c1-4-12-6(8)7(14-16(3,10)11)15(9)13-5-2/h7,15H,4-5H2,1-3H3. The maximum Gasteiger partial charge on any atom is 0.346 e. The largest absolute Gasteiger partial charge is 0.464 e. The first-order valence-electron chi connectivity index (χ1n) is 4.53. The molecule has 0 bridgehead atoms. The fourth-order valence-electron chi connectivity index (χ4n) is 0.785. The van der Waals surface area contributed by atoms with Crippen LogP contribution in [0.1, 0.15) is 13.8 Å². The van der Waals surface area contributed by atoms with Gasteiger partial charge in [0.1, 0.15) is 0 Å². The Morgan fingerprint density at radius 2 is 1.88 bits per heavy atom. The molecule has 0 rings (SSSR count). The van der Waals surface area contributed by atoms with Crippen molar-refractivity contribution in [2.45, 2.75) is 19.7 Å². The van der Waals surface area contributed by atoms with Crippen LogP contribution in [0.15, 0.2) is 0 Å². The van der Waals surface area contributed by atoms with Crippen LogP contribution in [0.5, 0.6) is 0 Å². The Morgan fingerprint density at radius 3 is 2.25 bits per heavy atom. The number of hydrogen-bond donors (Lipinski definition) is 0. The maximum absolute atomic E-state index is 11.4. The monoisotopic (exact) mass is 274 g/mol. The second-order valence-electron chi connectivity index (χ2n) is 2.68. The molecule has 0 aliphatic heterocycles. The van der Waals surface area contributed by atoms with Gasteiger partial charge in [-0.3, -0.25) is 4.57 Å². The van der Waals surface area contributed by atoms with E-state index in [0.717, 1.165) is 6.26 Å². The van der Waals surface area contributed by atoms with Gasteiger partial charge < -0.3 is 9.26 Å². The molecular weight excluding hydrogens is 259 g/mol. The minimum absolute atomic E-state index is 0.0315. The molecule has 0 fully saturated rings. The van der Waals surface area contributed by atoms with Gasteiger partial charge in [-0.25, -0.2) is 8.98 Å². The number of hydrogen-bond acceptors (Lipinski definition) is 7. The lowest BCUT2D eigenvalue weighted by Gasteiger charge is -2.14. The van der Waals surface area contributed by atoms with Crippen LogP contribution in [0.4, 0.5) is 0 Å². The van der Waals surface area contributed by atoms with Crippen molar-refractivity contribution < 1.29 is 31.2 Å². The molecule has 0 spiro atoms. The molecule has 16 heavy (non-hydrogen) atoms. The van der Waals surface area contributed by atoms with E-state index in [1.54, 1.807) is 6.92 Å². The molecule has 9 heteroatoms. The average Bonchev–Trinajstić information content (AvgIpc) is 2.13. The molecule has 2 atom stereocenters. The summed E-state index contributed by atoms with van der Waals surface area (Å²) in [7, 11) is -6.86. The molecule has 0 amide bonds. The average molecular weight is 274 g/mol. The summed E-state index contributed by atoms with van der Waals surface area (Å²) in [5.74, 6) is -2.72. The zero-order chi connectivity index (χ0) is 12.8. The van der Waals surface area contributed by atoms with Crippen LogP contribution in [0.2, 0.25) is 0 Å². The quantitative estimate of drug-likeness (QED) is 0.375. The Balaban J connectivity index is 4.76. The van der Waals surface area contributed by atoms with Gasteiger partial charge in [-0.05, 0) is 13.8 Å². The van der Waals surface area contributed by atoms with E-state index < -0.39 is 30.0 Å². The van der Waals surface area contributed by atoms with Gasteiger partial charge in [0.15, 0.2) is 0 Å². The number of esters is 1. The molecule has 0 aliphatic carbocycles. The molecular formula is C7H15O7PS. The van der Waals surface area contributed by atoms with Crippen LogP contribution in [-0.4, -0.2) is 39.7 Å². The van der Waals surface area contributed by atoms with E-state index in [-0.39, 0.29) is 13.2 Å². The first-order valence-corrected chi connectivity index (χ1v) is 7.74. The summed E-state index contributed by atoms with van der Waals surface area (Å²) in [6, 6.07) is 0. The van der Waals surface area contributed by atoms with Crippen molar-refractivity contribution in [3.05, 3.63) is 0 Å². The lowest BCUT2D eigenvalue weighted by atomic mass is 10.7. The van der Waals surface area contributed by atoms with Gasteiger partial charge in [-0.2, -0.15) is 8.42 Å². The van der Waals surface area contributed by atoms with Crippen molar-refractivity contribution >= 4 is 24.1 Å². The van der Waals surface area contributed by atoms with E-state index in [0.29, 0.717) is 0 Å². The Labute approximate surface area is 95.1 Å². The van der Waals surface area contributed by atoms with E-state index in [4.69, 9.17) is 0 Å². The third-order valence-electron chi connectivity index (χ3n) is 1.27. The number of ether oxygens (including phenoxy) is 1. The van der Waals surface area contributed by atoms with Crippen LogP contribution >= 0.6 is 8.03 Å². The molecule has 2 unspecified atom stereocenters. The van der Waals surface area contributed by atoms with Crippen molar-refractivity contribution in [2.24, 2.45) is 0 Å². The van der Waals surface area contributed by atoms with Gasteiger partial charge >= 0.3 is 5.97 Å². The highest BCUT2D eigenvalue weighted by Crippen LogP contribution is 2.32. The number of rotatable bonds is 7. The van der Waals surface area contributed by atoms with Crippen LogP contribution in [0.25, 0.3) is 0 Å². The second-order valence-corrected chi connectivity index (χ2v) is 5.74. The maximum atomic E-state index is 11.4. The van der Waals surface area contributed by atoms with E-state index in [1.165, 1.54) is 6.92 Å². The van der Waals surface area contributed by atoms with Gasteiger partial charge in [-0.15, -0.1) is 0 Å². The van der Waals surface area contributed by atoms with Crippen LogP contribution < -0.4 is 0 Å².